The van der Waals surface area contributed by atoms with Gasteiger partial charge in [0.25, 0.3) is 0 Å². The Bertz CT molecular complexity index is 494. The van der Waals surface area contributed by atoms with Crippen LogP contribution < -0.4 is 10.1 Å². The van der Waals surface area contributed by atoms with Crippen molar-refractivity contribution < 1.29 is 19.1 Å². The number of hydrogen-bond donors (Lipinski definition) is 1. The van der Waals surface area contributed by atoms with E-state index in [0.29, 0.717) is 18.0 Å². The third-order valence-electron chi connectivity index (χ3n) is 2.29. The molecule has 0 radical (unpaired) electrons. The van der Waals surface area contributed by atoms with E-state index < -0.39 is 11.9 Å². The maximum absolute atomic E-state index is 11.7. The molecule has 20 heavy (non-hydrogen) atoms. The first-order valence-corrected chi connectivity index (χ1v) is 6.31. The zero-order valence-electron chi connectivity index (χ0n) is 11.9. The third-order valence-corrected chi connectivity index (χ3v) is 2.29. The van der Waals surface area contributed by atoms with Gasteiger partial charge < -0.3 is 14.8 Å². The van der Waals surface area contributed by atoms with E-state index in [9.17, 15) is 9.59 Å². The highest BCUT2D eigenvalue weighted by molar-refractivity contribution is 6.03. The molecule has 0 aromatic heterocycles. The summed E-state index contributed by atoms with van der Waals surface area (Å²) < 4.78 is 10.0. The average molecular weight is 277 g/mol. The zero-order chi connectivity index (χ0) is 15.0. The lowest BCUT2D eigenvalue weighted by Gasteiger charge is -2.07. The topological polar surface area (TPSA) is 64.6 Å². The van der Waals surface area contributed by atoms with Crippen molar-refractivity contribution in [2.24, 2.45) is 5.92 Å². The molecule has 1 aromatic carbocycles. The summed E-state index contributed by atoms with van der Waals surface area (Å²) >= 11 is 0. The van der Waals surface area contributed by atoms with Gasteiger partial charge in [-0.15, -0.1) is 0 Å². The van der Waals surface area contributed by atoms with E-state index in [1.807, 2.05) is 13.8 Å². The number of nitrogens with one attached hydrogen (secondary N) is 1. The number of esters is 1. The quantitative estimate of drug-likeness (QED) is 0.640. The van der Waals surface area contributed by atoms with Gasteiger partial charge in [-0.3, -0.25) is 4.79 Å². The molecule has 108 valence electrons. The summed E-state index contributed by atoms with van der Waals surface area (Å²) in [6.45, 7) is 4.20. The highest BCUT2D eigenvalue weighted by Gasteiger charge is 2.05. The van der Waals surface area contributed by atoms with Gasteiger partial charge in [-0.25, -0.2) is 4.79 Å². The molecule has 5 nitrogen and oxygen atoms in total. The Labute approximate surface area is 118 Å². The molecule has 0 atom stereocenters. The van der Waals surface area contributed by atoms with Crippen LogP contribution in [-0.2, 0) is 14.3 Å². The molecule has 0 aliphatic heterocycles. The van der Waals surface area contributed by atoms with Gasteiger partial charge in [0.05, 0.1) is 19.4 Å². The summed E-state index contributed by atoms with van der Waals surface area (Å²) in [6.07, 6.45) is 2.24. The lowest BCUT2D eigenvalue weighted by atomic mass is 10.2. The number of rotatable bonds is 6. The molecule has 0 aliphatic carbocycles. The van der Waals surface area contributed by atoms with Crippen LogP contribution in [0.4, 0.5) is 5.69 Å². The minimum Gasteiger partial charge on any atom is -0.495 e. The molecular formula is C15H19NO4. The SMILES string of the molecule is COc1ccccc1NC(=O)/C=C/C(=O)OCC(C)C. The van der Waals surface area contributed by atoms with Crippen molar-refractivity contribution >= 4 is 17.6 Å². The van der Waals surface area contributed by atoms with E-state index >= 15 is 0 Å². The van der Waals surface area contributed by atoms with Crippen molar-refractivity contribution in [1.29, 1.82) is 0 Å². The predicted molar refractivity (Wildman–Crippen MR) is 76.6 cm³/mol. The molecule has 1 N–H and O–H groups in total. The van der Waals surface area contributed by atoms with Crippen molar-refractivity contribution in [3.8, 4) is 5.75 Å². The number of para-hydroxylation sites is 2. The first kappa shape index (κ1) is 15.8. The van der Waals surface area contributed by atoms with E-state index in [4.69, 9.17) is 9.47 Å². The second-order valence-corrected chi connectivity index (χ2v) is 4.55. The van der Waals surface area contributed by atoms with Gasteiger partial charge in [0.15, 0.2) is 0 Å². The van der Waals surface area contributed by atoms with Crippen molar-refractivity contribution in [2.75, 3.05) is 19.0 Å². The molecule has 0 saturated heterocycles. The number of hydrogen-bond acceptors (Lipinski definition) is 4. The van der Waals surface area contributed by atoms with E-state index in [1.165, 1.54) is 7.11 Å². The van der Waals surface area contributed by atoms with Crippen LogP contribution >= 0.6 is 0 Å². The first-order chi connectivity index (χ1) is 9.52. The summed E-state index contributed by atoms with van der Waals surface area (Å²) in [5.41, 5.74) is 0.542. The van der Waals surface area contributed by atoms with Crippen LogP contribution in [-0.4, -0.2) is 25.6 Å². The van der Waals surface area contributed by atoms with Crippen molar-refractivity contribution in [1.82, 2.24) is 0 Å². The highest BCUT2D eigenvalue weighted by atomic mass is 16.5. The van der Waals surface area contributed by atoms with Gasteiger partial charge in [-0.05, 0) is 18.1 Å². The van der Waals surface area contributed by atoms with E-state index in [1.54, 1.807) is 24.3 Å². The Morgan fingerprint density at radius 3 is 2.60 bits per heavy atom. The van der Waals surface area contributed by atoms with E-state index in [2.05, 4.69) is 5.32 Å². The van der Waals surface area contributed by atoms with Gasteiger partial charge in [0, 0.05) is 12.2 Å². The van der Waals surface area contributed by atoms with Gasteiger partial charge in [-0.2, -0.15) is 0 Å². The van der Waals surface area contributed by atoms with E-state index in [-0.39, 0.29) is 5.92 Å². The summed E-state index contributed by atoms with van der Waals surface area (Å²) in [5, 5.41) is 2.62. The third kappa shape index (κ3) is 5.56. The van der Waals surface area contributed by atoms with Crippen LogP contribution in [0.2, 0.25) is 0 Å². The fourth-order valence-electron chi connectivity index (χ4n) is 1.36. The Balaban J connectivity index is 2.53. The average Bonchev–Trinajstić information content (AvgIpc) is 2.43. The second kappa shape index (κ2) is 7.99. The molecule has 1 rings (SSSR count). The molecule has 0 saturated carbocycles. The van der Waals surface area contributed by atoms with Crippen LogP contribution in [0.5, 0.6) is 5.75 Å². The van der Waals surface area contributed by atoms with Crippen molar-refractivity contribution in [2.45, 2.75) is 13.8 Å². The maximum atomic E-state index is 11.7. The number of anilines is 1. The summed E-state index contributed by atoms with van der Waals surface area (Å²) in [6, 6.07) is 7.02. The molecule has 0 aliphatic rings. The Morgan fingerprint density at radius 2 is 1.95 bits per heavy atom. The monoisotopic (exact) mass is 277 g/mol. The van der Waals surface area contributed by atoms with Crippen molar-refractivity contribution in [3.63, 3.8) is 0 Å². The van der Waals surface area contributed by atoms with E-state index in [0.717, 1.165) is 12.2 Å². The van der Waals surface area contributed by atoms with Gasteiger partial charge in [0.2, 0.25) is 5.91 Å². The summed E-state index contributed by atoms with van der Waals surface area (Å²) in [4.78, 5) is 23.0. The fourth-order valence-corrected chi connectivity index (χ4v) is 1.36. The van der Waals surface area contributed by atoms with Crippen LogP contribution in [0, 0.1) is 5.92 Å². The normalized spacial score (nSPS) is 10.6. The van der Waals surface area contributed by atoms with Crippen LogP contribution in [0.1, 0.15) is 13.8 Å². The number of benzene rings is 1. The maximum Gasteiger partial charge on any atom is 0.330 e. The second-order valence-electron chi connectivity index (χ2n) is 4.55. The number of methoxy groups -OCH3 is 1. The minimum absolute atomic E-state index is 0.259. The van der Waals surface area contributed by atoms with Gasteiger partial charge in [-0.1, -0.05) is 26.0 Å². The standard InChI is InChI=1S/C15H19NO4/c1-11(2)10-20-15(18)9-8-14(17)16-12-6-4-5-7-13(12)19-3/h4-9,11H,10H2,1-3H3,(H,16,17)/b9-8+. The predicted octanol–water partition coefficient (Wildman–Crippen LogP) is 2.39. The largest absolute Gasteiger partial charge is 0.495 e. The molecule has 0 heterocycles. The Kier molecular flexibility index (Phi) is 6.29. The summed E-state index contributed by atoms with van der Waals surface area (Å²) in [7, 11) is 1.52. The lowest BCUT2D eigenvalue weighted by Crippen LogP contribution is -2.11. The highest BCUT2D eigenvalue weighted by Crippen LogP contribution is 2.22. The van der Waals surface area contributed by atoms with Crippen LogP contribution in [0.25, 0.3) is 0 Å². The Morgan fingerprint density at radius 1 is 1.25 bits per heavy atom. The molecule has 5 heteroatoms. The Hall–Kier alpha value is -2.30. The molecule has 0 bridgehead atoms. The lowest BCUT2D eigenvalue weighted by molar-refractivity contribution is -0.138. The molecule has 1 aromatic rings. The first-order valence-electron chi connectivity index (χ1n) is 6.31. The minimum atomic E-state index is -0.533. The van der Waals surface area contributed by atoms with Crippen LogP contribution in [0.15, 0.2) is 36.4 Å². The van der Waals surface area contributed by atoms with Gasteiger partial charge in [0.1, 0.15) is 5.75 Å². The van der Waals surface area contributed by atoms with Gasteiger partial charge >= 0.3 is 5.97 Å². The zero-order valence-corrected chi connectivity index (χ0v) is 11.9. The van der Waals surface area contributed by atoms with Crippen molar-refractivity contribution in [3.05, 3.63) is 36.4 Å². The summed E-state index contributed by atoms with van der Waals surface area (Å²) in [5.74, 6) is -0.142. The molecule has 0 fully saturated rings. The number of carbonyl (C=O) groups is 2. The number of ether oxygens (including phenoxy) is 2. The molecule has 1 amide bonds. The fraction of sp³-hybridized carbons (Fsp3) is 0.333. The molecular weight excluding hydrogens is 258 g/mol. The number of amides is 1. The smallest absolute Gasteiger partial charge is 0.330 e. The molecule has 0 spiro atoms. The molecule has 0 unspecified atom stereocenters. The number of carbonyl (C=O) groups excluding carboxylic acids is 2. The van der Waals surface area contributed by atoms with Crippen LogP contribution in [0.3, 0.4) is 0 Å².